The Kier molecular flexibility index (Phi) is 4.26. The first-order chi connectivity index (χ1) is 7.88. The number of fused-ring (bicyclic) bond motifs is 1. The minimum atomic E-state index is 0.0278. The van der Waals surface area contributed by atoms with Crippen LogP contribution < -0.4 is 0 Å². The van der Waals surface area contributed by atoms with E-state index < -0.39 is 0 Å². The highest BCUT2D eigenvalue weighted by Crippen LogP contribution is 2.55. The van der Waals surface area contributed by atoms with Crippen molar-refractivity contribution < 1.29 is 14.4 Å². The number of Topliss-reactive ketones (excluding diaryl/α,β-unsaturated/α-hetero) is 1. The molecule has 0 heterocycles. The van der Waals surface area contributed by atoms with E-state index >= 15 is 0 Å². The van der Waals surface area contributed by atoms with Gasteiger partial charge in [-0.3, -0.25) is 4.79 Å². The van der Waals surface area contributed by atoms with E-state index in [1.165, 1.54) is 19.3 Å². The highest BCUT2D eigenvalue weighted by molar-refractivity contribution is 5.85. The summed E-state index contributed by atoms with van der Waals surface area (Å²) < 4.78 is 0. The summed E-state index contributed by atoms with van der Waals surface area (Å²) in [4.78, 5) is 28.3. The molecule has 0 spiro atoms. The van der Waals surface area contributed by atoms with Crippen LogP contribution in [-0.4, -0.2) is 11.9 Å². The lowest BCUT2D eigenvalue weighted by Gasteiger charge is -2.52. The normalized spacial score (nSPS) is 35.0. The van der Waals surface area contributed by atoms with Crippen LogP contribution in [0.25, 0.3) is 0 Å². The summed E-state index contributed by atoms with van der Waals surface area (Å²) in [6.07, 6.45) is 7.17. The van der Waals surface area contributed by atoms with Crippen LogP contribution in [0.5, 0.6) is 0 Å². The molecule has 96 valence electrons. The van der Waals surface area contributed by atoms with E-state index in [4.69, 9.17) is 9.59 Å². The second-order valence-corrected chi connectivity index (χ2v) is 6.21. The van der Waals surface area contributed by atoms with Gasteiger partial charge in [-0.1, -0.05) is 27.2 Å². The zero-order valence-corrected chi connectivity index (χ0v) is 11.0. The monoisotopic (exact) mass is 238 g/mol. The molecule has 3 heteroatoms. The molecule has 0 N–H and O–H groups in total. The Hall–Kier alpha value is -0.950. The van der Waals surface area contributed by atoms with Gasteiger partial charge in [0.2, 0.25) is 0 Å². The molecule has 17 heavy (non-hydrogen) atoms. The molecule has 0 amide bonds. The summed E-state index contributed by atoms with van der Waals surface area (Å²) in [5, 5.41) is 0. The van der Waals surface area contributed by atoms with Crippen molar-refractivity contribution >= 4 is 11.9 Å². The lowest BCUT2D eigenvalue weighted by molar-refractivity contribution is -0.191. The Morgan fingerprint density at radius 3 is 2.24 bits per heavy atom. The molecule has 0 saturated heterocycles. The van der Waals surface area contributed by atoms with Gasteiger partial charge in [0.15, 0.2) is 0 Å². The Bertz CT molecular complexity index is 326. The topological polar surface area (TPSA) is 51.2 Å². The van der Waals surface area contributed by atoms with Crippen molar-refractivity contribution in [3.05, 3.63) is 0 Å². The summed E-state index contributed by atoms with van der Waals surface area (Å²) in [5.41, 5.74) is 0.420. The van der Waals surface area contributed by atoms with Crippen LogP contribution in [0.3, 0.4) is 0 Å². The molecule has 0 aromatic heterocycles. The fourth-order valence-corrected chi connectivity index (χ4v) is 3.92. The third-order valence-corrected chi connectivity index (χ3v) is 4.76. The Balaban J connectivity index is 0.000000437. The highest BCUT2D eigenvalue weighted by Gasteiger charge is 2.51. The number of carbonyl (C=O) groups excluding carboxylic acids is 3. The largest absolute Gasteiger partial charge is 0.373 e. The van der Waals surface area contributed by atoms with Gasteiger partial charge in [-0.05, 0) is 37.0 Å². The highest BCUT2D eigenvalue weighted by atomic mass is 16.2. The van der Waals surface area contributed by atoms with Crippen LogP contribution in [0.15, 0.2) is 0 Å². The molecule has 0 unspecified atom stereocenters. The molecular weight excluding hydrogens is 216 g/mol. The summed E-state index contributed by atoms with van der Waals surface area (Å²) in [6.45, 7) is 6.93. The summed E-state index contributed by atoms with van der Waals surface area (Å²) in [7, 11) is 0. The van der Waals surface area contributed by atoms with Gasteiger partial charge in [-0.15, -0.1) is 0 Å². The molecule has 2 saturated carbocycles. The Morgan fingerprint density at radius 2 is 1.71 bits per heavy atom. The van der Waals surface area contributed by atoms with E-state index in [2.05, 4.69) is 20.8 Å². The van der Waals surface area contributed by atoms with Crippen molar-refractivity contribution in [3.63, 3.8) is 0 Å². The molecule has 2 rings (SSSR count). The van der Waals surface area contributed by atoms with Crippen LogP contribution in [0, 0.1) is 16.7 Å². The van der Waals surface area contributed by atoms with Crippen LogP contribution in [0.1, 0.15) is 59.3 Å². The Morgan fingerprint density at radius 1 is 1.12 bits per heavy atom. The van der Waals surface area contributed by atoms with Crippen molar-refractivity contribution in [1.29, 1.82) is 0 Å². The number of hydrogen-bond donors (Lipinski definition) is 0. The van der Waals surface area contributed by atoms with Crippen molar-refractivity contribution in [1.82, 2.24) is 0 Å². The smallest absolute Gasteiger partial charge is 0.299 e. The summed E-state index contributed by atoms with van der Waals surface area (Å²) in [6, 6.07) is 0. The Labute approximate surface area is 103 Å². The van der Waals surface area contributed by atoms with Gasteiger partial charge in [-0.2, -0.15) is 9.59 Å². The maximum atomic E-state index is 12.0. The van der Waals surface area contributed by atoms with E-state index in [1.807, 2.05) is 0 Å². The first-order valence-electron chi connectivity index (χ1n) is 6.41. The van der Waals surface area contributed by atoms with Crippen molar-refractivity contribution in [3.8, 4) is 0 Å². The number of carbonyl (C=O) groups is 1. The van der Waals surface area contributed by atoms with Gasteiger partial charge in [-0.25, -0.2) is 0 Å². The lowest BCUT2D eigenvalue weighted by atomic mass is 9.51. The van der Waals surface area contributed by atoms with Crippen LogP contribution in [0.2, 0.25) is 0 Å². The zero-order chi connectivity index (χ0) is 13.1. The molecule has 0 radical (unpaired) electrons. The van der Waals surface area contributed by atoms with E-state index in [9.17, 15) is 4.79 Å². The number of ketones is 1. The van der Waals surface area contributed by atoms with Crippen LogP contribution in [0.4, 0.5) is 0 Å². The molecule has 0 bridgehead atoms. The molecule has 0 aromatic carbocycles. The van der Waals surface area contributed by atoms with Gasteiger partial charge < -0.3 is 0 Å². The maximum absolute atomic E-state index is 12.0. The second-order valence-electron chi connectivity index (χ2n) is 6.21. The minimum absolute atomic E-state index is 0.0278. The zero-order valence-electron chi connectivity index (χ0n) is 11.0. The molecule has 2 fully saturated rings. The SMILES string of the molecule is CC1(C)CCC[C@@]2(C)C(=O)CCC[C@H]12.O=C=O. The predicted octanol–water partition coefficient (Wildman–Crippen LogP) is 2.99. The van der Waals surface area contributed by atoms with E-state index in [1.54, 1.807) is 0 Å². The fourth-order valence-electron chi connectivity index (χ4n) is 3.92. The molecular formula is C14H22O3. The first-order valence-corrected chi connectivity index (χ1v) is 6.41. The van der Waals surface area contributed by atoms with Gasteiger partial charge >= 0.3 is 6.15 Å². The van der Waals surface area contributed by atoms with Gasteiger partial charge in [0.05, 0.1) is 0 Å². The second kappa shape index (κ2) is 5.14. The molecule has 0 aliphatic heterocycles. The molecule has 0 aromatic rings. The van der Waals surface area contributed by atoms with E-state index in [0.717, 1.165) is 19.3 Å². The van der Waals surface area contributed by atoms with Crippen molar-refractivity contribution in [2.24, 2.45) is 16.7 Å². The van der Waals surface area contributed by atoms with Gasteiger partial charge in [0, 0.05) is 11.8 Å². The number of hydrogen-bond acceptors (Lipinski definition) is 3. The molecule has 2 aliphatic carbocycles. The predicted molar refractivity (Wildman–Crippen MR) is 63.1 cm³/mol. The molecule has 2 atom stereocenters. The molecule has 2 aliphatic rings. The number of rotatable bonds is 0. The third kappa shape index (κ3) is 2.66. The van der Waals surface area contributed by atoms with Crippen LogP contribution >= 0.6 is 0 Å². The quantitative estimate of drug-likeness (QED) is 0.652. The van der Waals surface area contributed by atoms with Gasteiger partial charge in [0.25, 0.3) is 0 Å². The average molecular weight is 238 g/mol. The van der Waals surface area contributed by atoms with E-state index in [-0.39, 0.29) is 11.6 Å². The van der Waals surface area contributed by atoms with Crippen molar-refractivity contribution in [2.75, 3.05) is 0 Å². The third-order valence-electron chi connectivity index (χ3n) is 4.76. The minimum Gasteiger partial charge on any atom is -0.299 e. The first kappa shape index (κ1) is 14.1. The molecule has 3 nitrogen and oxygen atoms in total. The van der Waals surface area contributed by atoms with Crippen LogP contribution in [-0.2, 0) is 14.4 Å². The summed E-state index contributed by atoms with van der Waals surface area (Å²) in [5.74, 6) is 1.19. The summed E-state index contributed by atoms with van der Waals surface area (Å²) >= 11 is 0. The van der Waals surface area contributed by atoms with Crippen molar-refractivity contribution in [2.45, 2.75) is 59.3 Å². The maximum Gasteiger partial charge on any atom is 0.373 e. The standard InChI is InChI=1S/C13H22O.CO2/c1-12(2)8-5-9-13(3)10(12)6-4-7-11(13)14;2-1-3/h10H,4-9H2,1-3H3;/t10-,13-;/m1./s1. The lowest BCUT2D eigenvalue weighted by Crippen LogP contribution is -2.49. The van der Waals surface area contributed by atoms with E-state index in [0.29, 0.717) is 17.1 Å². The average Bonchev–Trinajstić information content (AvgIpc) is 2.21. The van der Waals surface area contributed by atoms with Gasteiger partial charge in [0.1, 0.15) is 5.78 Å². The fraction of sp³-hybridized carbons (Fsp3) is 0.857.